The first-order chi connectivity index (χ1) is 9.15. The zero-order valence-corrected chi connectivity index (χ0v) is 11.0. The molecule has 0 radical (unpaired) electrons. The third-order valence-corrected chi connectivity index (χ3v) is 2.97. The van der Waals surface area contributed by atoms with E-state index in [2.05, 4.69) is 10.3 Å². The molecule has 0 atom stereocenters. The van der Waals surface area contributed by atoms with Gasteiger partial charge in [0.1, 0.15) is 12.3 Å². The van der Waals surface area contributed by atoms with Crippen LogP contribution in [-0.2, 0) is 17.8 Å². The van der Waals surface area contributed by atoms with Crippen molar-refractivity contribution in [2.75, 3.05) is 6.54 Å². The maximum Gasteiger partial charge on any atom is 0.240 e. The highest BCUT2D eigenvalue weighted by molar-refractivity contribution is 6.28. The van der Waals surface area contributed by atoms with Crippen molar-refractivity contribution < 1.29 is 9.90 Å². The predicted molar refractivity (Wildman–Crippen MR) is 72.1 cm³/mol. The molecule has 0 saturated carbocycles. The van der Waals surface area contributed by atoms with Gasteiger partial charge in [0.2, 0.25) is 11.2 Å². The Labute approximate surface area is 115 Å². The lowest BCUT2D eigenvalue weighted by Crippen LogP contribution is -2.29. The SMILES string of the molecule is O=C(Cn1ccnc1Cl)NCCc1ccc(O)cc1. The van der Waals surface area contributed by atoms with Crippen molar-refractivity contribution >= 4 is 17.5 Å². The molecule has 1 aromatic heterocycles. The van der Waals surface area contributed by atoms with Crippen LogP contribution in [0.4, 0.5) is 0 Å². The zero-order valence-electron chi connectivity index (χ0n) is 10.2. The lowest BCUT2D eigenvalue weighted by Gasteiger charge is -2.06. The second-order valence-corrected chi connectivity index (χ2v) is 4.43. The maximum absolute atomic E-state index is 11.6. The highest BCUT2D eigenvalue weighted by atomic mass is 35.5. The van der Waals surface area contributed by atoms with Crippen molar-refractivity contribution in [3.63, 3.8) is 0 Å². The van der Waals surface area contributed by atoms with Crippen molar-refractivity contribution in [3.05, 3.63) is 47.5 Å². The molecule has 0 saturated heterocycles. The van der Waals surface area contributed by atoms with Gasteiger partial charge in [0.25, 0.3) is 0 Å². The molecule has 0 aliphatic heterocycles. The summed E-state index contributed by atoms with van der Waals surface area (Å²) in [7, 11) is 0. The minimum atomic E-state index is -0.112. The number of aromatic hydroxyl groups is 1. The molecule has 2 rings (SSSR count). The van der Waals surface area contributed by atoms with Crippen LogP contribution in [0.1, 0.15) is 5.56 Å². The largest absolute Gasteiger partial charge is 0.508 e. The lowest BCUT2D eigenvalue weighted by molar-refractivity contribution is -0.121. The van der Waals surface area contributed by atoms with Crippen LogP contribution in [0.5, 0.6) is 5.75 Å². The molecule has 0 aliphatic carbocycles. The summed E-state index contributed by atoms with van der Waals surface area (Å²) < 4.78 is 1.57. The Hall–Kier alpha value is -2.01. The number of phenolic OH excluding ortho intramolecular Hbond substituents is 1. The van der Waals surface area contributed by atoms with Gasteiger partial charge in [0.15, 0.2) is 0 Å². The number of benzene rings is 1. The average Bonchev–Trinajstić information content (AvgIpc) is 2.78. The van der Waals surface area contributed by atoms with E-state index in [0.717, 1.165) is 5.56 Å². The van der Waals surface area contributed by atoms with Crippen LogP contribution in [0, 0.1) is 0 Å². The van der Waals surface area contributed by atoms with Gasteiger partial charge in [0.05, 0.1) is 0 Å². The fraction of sp³-hybridized carbons (Fsp3) is 0.231. The molecule has 19 heavy (non-hydrogen) atoms. The normalized spacial score (nSPS) is 10.4. The molecule has 1 heterocycles. The highest BCUT2D eigenvalue weighted by Crippen LogP contribution is 2.09. The topological polar surface area (TPSA) is 67.2 Å². The summed E-state index contributed by atoms with van der Waals surface area (Å²) >= 11 is 5.78. The van der Waals surface area contributed by atoms with Gasteiger partial charge in [-0.3, -0.25) is 4.79 Å². The Balaban J connectivity index is 1.75. The van der Waals surface area contributed by atoms with Gasteiger partial charge in [-0.15, -0.1) is 0 Å². The highest BCUT2D eigenvalue weighted by Gasteiger charge is 2.05. The minimum Gasteiger partial charge on any atom is -0.508 e. The van der Waals surface area contributed by atoms with Gasteiger partial charge in [-0.05, 0) is 35.7 Å². The number of amides is 1. The first-order valence-corrected chi connectivity index (χ1v) is 6.24. The van der Waals surface area contributed by atoms with Gasteiger partial charge < -0.3 is 15.0 Å². The first kappa shape index (κ1) is 13.4. The van der Waals surface area contributed by atoms with Gasteiger partial charge in [-0.1, -0.05) is 12.1 Å². The molecule has 0 spiro atoms. The standard InChI is InChI=1S/C13H14ClN3O2/c14-13-16-7-8-17(13)9-12(19)15-6-5-10-1-3-11(18)4-2-10/h1-4,7-8,18H,5-6,9H2,(H,15,19). The fourth-order valence-corrected chi connectivity index (χ4v) is 1.82. The number of halogens is 1. The first-order valence-electron chi connectivity index (χ1n) is 5.86. The number of carbonyl (C=O) groups is 1. The van der Waals surface area contributed by atoms with Gasteiger partial charge in [0, 0.05) is 18.9 Å². The molecule has 1 amide bonds. The van der Waals surface area contributed by atoms with Crippen LogP contribution in [0.25, 0.3) is 0 Å². The number of hydrogen-bond donors (Lipinski definition) is 2. The quantitative estimate of drug-likeness (QED) is 0.874. The number of aromatic nitrogens is 2. The molecule has 5 nitrogen and oxygen atoms in total. The smallest absolute Gasteiger partial charge is 0.240 e. The summed E-state index contributed by atoms with van der Waals surface area (Å²) in [6, 6.07) is 6.91. The second-order valence-electron chi connectivity index (χ2n) is 4.09. The minimum absolute atomic E-state index is 0.112. The molecule has 2 aromatic rings. The number of rotatable bonds is 5. The van der Waals surface area contributed by atoms with Crippen molar-refractivity contribution in [1.82, 2.24) is 14.9 Å². The molecule has 0 fully saturated rings. The maximum atomic E-state index is 11.6. The van der Waals surface area contributed by atoms with Crippen molar-refractivity contribution in [3.8, 4) is 5.75 Å². The van der Waals surface area contributed by atoms with Crippen LogP contribution < -0.4 is 5.32 Å². The zero-order chi connectivity index (χ0) is 13.7. The van der Waals surface area contributed by atoms with Crippen LogP contribution in [0.15, 0.2) is 36.7 Å². The number of nitrogens with one attached hydrogen (secondary N) is 1. The Morgan fingerprint density at radius 2 is 2.11 bits per heavy atom. The summed E-state index contributed by atoms with van der Waals surface area (Å²) in [6.07, 6.45) is 3.91. The van der Waals surface area contributed by atoms with Gasteiger partial charge in [-0.25, -0.2) is 4.98 Å². The van der Waals surface area contributed by atoms with Crippen LogP contribution in [0.2, 0.25) is 5.28 Å². The number of imidazole rings is 1. The van der Waals surface area contributed by atoms with Crippen molar-refractivity contribution in [1.29, 1.82) is 0 Å². The summed E-state index contributed by atoms with van der Waals surface area (Å²) in [5.41, 5.74) is 1.05. The molecular formula is C13H14ClN3O2. The second kappa shape index (κ2) is 6.24. The van der Waals surface area contributed by atoms with Gasteiger partial charge in [-0.2, -0.15) is 0 Å². The van der Waals surface area contributed by atoms with E-state index in [1.54, 1.807) is 29.1 Å². The number of nitrogens with zero attached hydrogens (tertiary/aromatic N) is 2. The van der Waals surface area contributed by atoms with Gasteiger partial charge >= 0.3 is 0 Å². The van der Waals surface area contributed by atoms with E-state index in [4.69, 9.17) is 16.7 Å². The summed E-state index contributed by atoms with van der Waals surface area (Å²) in [5.74, 6) is 0.126. The van der Waals surface area contributed by atoms with Crippen LogP contribution in [0.3, 0.4) is 0 Å². The molecule has 0 unspecified atom stereocenters. The monoisotopic (exact) mass is 279 g/mol. The molecule has 100 valence electrons. The Morgan fingerprint density at radius 3 is 2.74 bits per heavy atom. The predicted octanol–water partition coefficient (Wildman–Crippen LogP) is 1.60. The molecule has 2 N–H and O–H groups in total. The summed E-state index contributed by atoms with van der Waals surface area (Å²) in [4.78, 5) is 15.5. The molecule has 0 bridgehead atoms. The Kier molecular flexibility index (Phi) is 4.41. The van der Waals surface area contributed by atoms with E-state index in [0.29, 0.717) is 18.2 Å². The van der Waals surface area contributed by atoms with E-state index >= 15 is 0 Å². The molecule has 6 heteroatoms. The fourth-order valence-electron chi connectivity index (χ4n) is 1.65. The molecular weight excluding hydrogens is 266 g/mol. The molecule has 0 aliphatic rings. The third-order valence-electron chi connectivity index (χ3n) is 2.65. The lowest BCUT2D eigenvalue weighted by atomic mass is 10.1. The number of hydrogen-bond acceptors (Lipinski definition) is 3. The van der Waals surface area contributed by atoms with E-state index < -0.39 is 0 Å². The Morgan fingerprint density at radius 1 is 1.37 bits per heavy atom. The van der Waals surface area contributed by atoms with Crippen molar-refractivity contribution in [2.45, 2.75) is 13.0 Å². The van der Waals surface area contributed by atoms with Crippen LogP contribution >= 0.6 is 11.6 Å². The average molecular weight is 280 g/mol. The van der Waals surface area contributed by atoms with Crippen LogP contribution in [-0.4, -0.2) is 27.1 Å². The van der Waals surface area contributed by atoms with E-state index in [1.165, 1.54) is 0 Å². The molecule has 1 aromatic carbocycles. The third kappa shape index (κ3) is 3.99. The summed E-state index contributed by atoms with van der Waals surface area (Å²) in [5, 5.41) is 12.3. The number of phenols is 1. The van der Waals surface area contributed by atoms with E-state index in [1.807, 2.05) is 12.1 Å². The van der Waals surface area contributed by atoms with E-state index in [-0.39, 0.29) is 18.2 Å². The Bertz CT molecular complexity index is 551. The van der Waals surface area contributed by atoms with Crippen molar-refractivity contribution in [2.24, 2.45) is 0 Å². The van der Waals surface area contributed by atoms with E-state index in [9.17, 15) is 4.79 Å². The summed E-state index contributed by atoms with van der Waals surface area (Å²) in [6.45, 7) is 0.699. The number of carbonyl (C=O) groups excluding carboxylic acids is 1.